The van der Waals surface area contributed by atoms with Crippen molar-refractivity contribution in [3.8, 4) is 0 Å². The summed E-state index contributed by atoms with van der Waals surface area (Å²) in [5.74, 6) is -1.39. The van der Waals surface area contributed by atoms with Crippen molar-refractivity contribution in [1.29, 1.82) is 0 Å². The number of fused-ring (bicyclic) bond motifs is 1. The largest absolute Gasteiger partial charge is 0.550 e. The van der Waals surface area contributed by atoms with Crippen molar-refractivity contribution in [2.24, 2.45) is 17.3 Å². The van der Waals surface area contributed by atoms with Crippen molar-refractivity contribution in [3.05, 3.63) is 53.1 Å². The Bertz CT molecular complexity index is 1070. The van der Waals surface area contributed by atoms with E-state index in [2.05, 4.69) is 49.7 Å². The summed E-state index contributed by atoms with van der Waals surface area (Å²) in [6.07, 6.45) is 8.59. The number of carboxylic acids is 1. The van der Waals surface area contributed by atoms with Crippen molar-refractivity contribution in [1.82, 2.24) is 4.98 Å². The van der Waals surface area contributed by atoms with Gasteiger partial charge >= 0.3 is 0 Å². The van der Waals surface area contributed by atoms with E-state index in [0.29, 0.717) is 18.8 Å². The van der Waals surface area contributed by atoms with Gasteiger partial charge in [-0.15, -0.1) is 17.9 Å². The van der Waals surface area contributed by atoms with Crippen molar-refractivity contribution in [2.45, 2.75) is 92.1 Å². The number of aliphatic carboxylic acids is 1. The highest BCUT2D eigenvalue weighted by atomic mass is 32.1. The minimum absolute atomic E-state index is 0.106. The summed E-state index contributed by atoms with van der Waals surface area (Å²) in [7, 11) is 0. The number of thiazole rings is 1. The number of rotatable bonds is 16. The van der Waals surface area contributed by atoms with Crippen LogP contribution in [-0.2, 0) is 16.0 Å². The quantitative estimate of drug-likeness (QED) is 0.280. The van der Waals surface area contributed by atoms with Gasteiger partial charge in [-0.2, -0.15) is 0 Å². The maximum absolute atomic E-state index is 13.2. The molecule has 6 heteroatoms. The number of benzene rings is 1. The molecule has 0 amide bonds. The highest BCUT2D eigenvalue weighted by molar-refractivity contribution is 7.18. The first-order chi connectivity index (χ1) is 16.9. The Kier molecular flexibility index (Phi) is 11.5. The molecule has 0 spiro atoms. The van der Waals surface area contributed by atoms with E-state index in [0.717, 1.165) is 42.6 Å². The summed E-state index contributed by atoms with van der Waals surface area (Å²) in [6, 6.07) is 6.57. The first-order valence-corrected chi connectivity index (χ1v) is 13.8. The SMILES string of the molecule is C=CCC(C[C@@H](C)CCC/C(C)=C\CCc1ccc2sc(C)nc2c1)C(=O)C(C)(C)[C@@H](O)CC(=O)[O-]. The number of aliphatic hydroxyl groups is 1. The first kappa shape index (κ1) is 29.9. The maximum atomic E-state index is 13.2. The molecule has 3 atom stereocenters. The average Bonchev–Trinajstić information content (AvgIpc) is 3.17. The number of hydrogen-bond donors (Lipinski definition) is 1. The van der Waals surface area contributed by atoms with Gasteiger partial charge in [-0.05, 0) is 76.0 Å². The predicted molar refractivity (Wildman–Crippen MR) is 147 cm³/mol. The second-order valence-electron chi connectivity index (χ2n) is 10.8. The number of ketones is 1. The van der Waals surface area contributed by atoms with Gasteiger partial charge in [0.1, 0.15) is 5.78 Å². The van der Waals surface area contributed by atoms with Crippen LogP contribution in [0.2, 0.25) is 0 Å². The Hall–Kier alpha value is -2.31. The summed E-state index contributed by atoms with van der Waals surface area (Å²) < 4.78 is 1.24. The molecule has 0 radical (unpaired) electrons. The summed E-state index contributed by atoms with van der Waals surface area (Å²) in [6.45, 7) is 13.4. The smallest absolute Gasteiger partial charge is 0.144 e. The molecule has 1 aromatic carbocycles. The second-order valence-corrected chi connectivity index (χ2v) is 12.0. The molecule has 0 aliphatic rings. The molecule has 0 aliphatic carbocycles. The van der Waals surface area contributed by atoms with Gasteiger partial charge in [-0.3, -0.25) is 4.79 Å². The predicted octanol–water partition coefficient (Wildman–Crippen LogP) is 5.97. The van der Waals surface area contributed by atoms with E-state index in [4.69, 9.17) is 0 Å². The van der Waals surface area contributed by atoms with E-state index in [1.54, 1.807) is 31.3 Å². The molecule has 1 aromatic heterocycles. The van der Waals surface area contributed by atoms with Crippen LogP contribution in [0, 0.1) is 24.2 Å². The Balaban J connectivity index is 1.81. The summed E-state index contributed by atoms with van der Waals surface area (Å²) in [4.78, 5) is 28.7. The van der Waals surface area contributed by atoms with Crippen LogP contribution < -0.4 is 5.11 Å². The Morgan fingerprint density at radius 2 is 2.03 bits per heavy atom. The highest BCUT2D eigenvalue weighted by Crippen LogP contribution is 2.33. The summed E-state index contributed by atoms with van der Waals surface area (Å²) in [5, 5.41) is 22.3. The third-order valence-corrected chi connectivity index (χ3v) is 8.04. The number of nitrogens with zero attached hydrogens (tertiary/aromatic N) is 1. The van der Waals surface area contributed by atoms with E-state index in [9.17, 15) is 19.8 Å². The fraction of sp³-hybridized carbons (Fsp3) is 0.567. The van der Waals surface area contributed by atoms with Crippen molar-refractivity contribution in [3.63, 3.8) is 0 Å². The first-order valence-electron chi connectivity index (χ1n) is 13.0. The van der Waals surface area contributed by atoms with Gasteiger partial charge in [0.25, 0.3) is 0 Å². The lowest BCUT2D eigenvalue weighted by Crippen LogP contribution is -2.44. The van der Waals surface area contributed by atoms with Crippen LogP contribution in [0.25, 0.3) is 10.2 Å². The van der Waals surface area contributed by atoms with E-state index in [-0.39, 0.29) is 11.7 Å². The van der Waals surface area contributed by atoms with E-state index in [1.807, 2.05) is 6.92 Å². The molecule has 0 fully saturated rings. The highest BCUT2D eigenvalue weighted by Gasteiger charge is 2.39. The number of carbonyl (C=O) groups excluding carboxylic acids is 2. The number of Topliss-reactive ketones (excluding diaryl/α,β-unsaturated/α-hetero) is 1. The van der Waals surface area contributed by atoms with Gasteiger partial charge in [0.05, 0.1) is 21.3 Å². The van der Waals surface area contributed by atoms with Crippen LogP contribution in [0.4, 0.5) is 0 Å². The topological polar surface area (TPSA) is 90.3 Å². The molecule has 1 heterocycles. The fourth-order valence-electron chi connectivity index (χ4n) is 4.78. The minimum atomic E-state index is -1.35. The lowest BCUT2D eigenvalue weighted by molar-refractivity contribution is -0.308. The van der Waals surface area contributed by atoms with Crippen molar-refractivity contribution < 1.29 is 19.8 Å². The van der Waals surface area contributed by atoms with E-state index in [1.165, 1.54) is 15.8 Å². The third-order valence-electron chi connectivity index (χ3n) is 7.09. The lowest BCUT2D eigenvalue weighted by atomic mass is 9.72. The van der Waals surface area contributed by atoms with Gasteiger partial charge in [0.15, 0.2) is 0 Å². The van der Waals surface area contributed by atoms with Crippen LogP contribution >= 0.6 is 11.3 Å². The Morgan fingerprint density at radius 3 is 2.69 bits per heavy atom. The third kappa shape index (κ3) is 8.97. The molecular formula is C30H42NO4S-. The number of carbonyl (C=O) groups is 2. The molecule has 2 rings (SSSR count). The standard InChI is InChI=1S/C30H43NO4S/c1-7-10-24(29(35)30(5,6)27(32)19-28(33)34)17-21(3)13-8-11-20(2)12-9-14-23-15-16-26-25(18-23)31-22(4)36-26/h7,12,15-16,18,21,24,27,32H,1,8-11,13-14,17,19H2,2-6H3,(H,33,34)/p-1/b20-12-/t21-,24?,27-/m0/s1. The van der Waals surface area contributed by atoms with Gasteiger partial charge in [0, 0.05) is 23.7 Å². The van der Waals surface area contributed by atoms with E-state index >= 15 is 0 Å². The van der Waals surface area contributed by atoms with E-state index < -0.39 is 23.9 Å². The molecule has 0 saturated heterocycles. The molecule has 36 heavy (non-hydrogen) atoms. The fourth-order valence-corrected chi connectivity index (χ4v) is 5.59. The van der Waals surface area contributed by atoms with Crippen LogP contribution in [0.15, 0.2) is 42.5 Å². The zero-order chi connectivity index (χ0) is 26.9. The Morgan fingerprint density at radius 1 is 1.31 bits per heavy atom. The van der Waals surface area contributed by atoms with Gasteiger partial charge < -0.3 is 15.0 Å². The molecule has 5 nitrogen and oxygen atoms in total. The van der Waals surface area contributed by atoms with Crippen molar-refractivity contribution in [2.75, 3.05) is 0 Å². The van der Waals surface area contributed by atoms with Gasteiger partial charge in [-0.25, -0.2) is 4.98 Å². The van der Waals surface area contributed by atoms with Crippen LogP contribution in [-0.4, -0.2) is 27.9 Å². The molecule has 0 saturated carbocycles. The van der Waals surface area contributed by atoms with Gasteiger partial charge in [0.2, 0.25) is 0 Å². The van der Waals surface area contributed by atoms with Crippen LogP contribution in [0.1, 0.15) is 83.2 Å². The molecule has 1 unspecified atom stereocenters. The zero-order valence-corrected chi connectivity index (χ0v) is 23.3. The average molecular weight is 513 g/mol. The molecule has 2 aromatic rings. The molecule has 0 aliphatic heterocycles. The summed E-state index contributed by atoms with van der Waals surface area (Å²) >= 11 is 1.73. The molecule has 198 valence electrons. The molecular weight excluding hydrogens is 470 g/mol. The zero-order valence-electron chi connectivity index (χ0n) is 22.5. The summed E-state index contributed by atoms with van der Waals surface area (Å²) in [5.41, 5.74) is 2.65. The normalized spacial score (nSPS) is 15.0. The molecule has 0 bridgehead atoms. The number of aromatic nitrogens is 1. The number of hydrogen-bond acceptors (Lipinski definition) is 6. The number of aryl methyl sites for hydroxylation is 2. The maximum Gasteiger partial charge on any atom is 0.144 e. The van der Waals surface area contributed by atoms with Crippen LogP contribution in [0.5, 0.6) is 0 Å². The van der Waals surface area contributed by atoms with Crippen LogP contribution in [0.3, 0.4) is 0 Å². The van der Waals surface area contributed by atoms with Gasteiger partial charge in [-0.1, -0.05) is 51.0 Å². The number of carboxylic acid groups (broad SMARTS) is 1. The minimum Gasteiger partial charge on any atom is -0.550 e. The second kappa shape index (κ2) is 13.8. The molecule has 1 N–H and O–H groups in total. The van der Waals surface area contributed by atoms with Crippen molar-refractivity contribution >= 4 is 33.3 Å². The number of aliphatic hydroxyl groups excluding tert-OH is 1. The monoisotopic (exact) mass is 512 g/mol. The Labute approximate surface area is 220 Å². The lowest BCUT2D eigenvalue weighted by Gasteiger charge is -2.33. The number of allylic oxidation sites excluding steroid dienone is 3.